The third-order valence-corrected chi connectivity index (χ3v) is 13.0. The van der Waals surface area contributed by atoms with Crippen molar-refractivity contribution < 1.29 is 19.4 Å². The number of esters is 1. The highest BCUT2D eigenvalue weighted by Gasteiger charge is 2.66. The molecule has 0 aliphatic heterocycles. The van der Waals surface area contributed by atoms with Gasteiger partial charge in [-0.2, -0.15) is 0 Å². The Labute approximate surface area is 235 Å². The molecular weight excluding hydrogens is 484 g/mol. The molecule has 4 fully saturated rings. The number of rotatable bonds is 3. The highest BCUT2D eigenvalue weighted by Crippen LogP contribution is 2.70. The van der Waals surface area contributed by atoms with Crippen LogP contribution in [-0.2, 0) is 20.9 Å². The molecule has 5 aliphatic rings. The van der Waals surface area contributed by atoms with Crippen molar-refractivity contribution in [1.29, 1.82) is 0 Å². The van der Waals surface area contributed by atoms with Crippen molar-refractivity contribution in [3.63, 3.8) is 0 Å². The molecule has 0 saturated heterocycles. The summed E-state index contributed by atoms with van der Waals surface area (Å²) in [6.45, 7) is 12.0. The van der Waals surface area contributed by atoms with E-state index in [1.165, 1.54) is 12.0 Å². The fourth-order valence-corrected chi connectivity index (χ4v) is 10.8. The Bertz CT molecular complexity index is 1170. The molecule has 39 heavy (non-hydrogen) atoms. The minimum atomic E-state index is -0.291. The topological polar surface area (TPSA) is 63.6 Å². The minimum absolute atomic E-state index is 0.0175. The predicted molar refractivity (Wildman–Crippen MR) is 152 cm³/mol. The standard InChI is InChI=1S/C35H48O4/c1-32(2)28-13-17-34(4)25-12-16-33(3)15-11-23(31(38)39-21-22-9-7-6-8-10-22)19-26(33)24(25)20-27(36)30(34)35(28,5)18-14-29(32)37/h6-10,20,23,25-26,28-30,37H,11-19,21H2,1-5H3. The first-order valence-electron chi connectivity index (χ1n) is 15.5. The molecule has 212 valence electrons. The van der Waals surface area contributed by atoms with Crippen LogP contribution in [0.5, 0.6) is 0 Å². The van der Waals surface area contributed by atoms with Crippen molar-refractivity contribution in [2.24, 2.45) is 51.2 Å². The van der Waals surface area contributed by atoms with Crippen LogP contribution in [0.1, 0.15) is 98.0 Å². The van der Waals surface area contributed by atoms with Crippen LogP contribution in [0.3, 0.4) is 0 Å². The van der Waals surface area contributed by atoms with Gasteiger partial charge in [-0.15, -0.1) is 0 Å². The number of hydrogen-bond acceptors (Lipinski definition) is 4. The summed E-state index contributed by atoms with van der Waals surface area (Å²) in [6.07, 6.45) is 10.7. The van der Waals surface area contributed by atoms with Crippen LogP contribution in [0.25, 0.3) is 0 Å². The highest BCUT2D eigenvalue weighted by molar-refractivity contribution is 5.95. The lowest BCUT2D eigenvalue weighted by molar-refractivity contribution is -0.188. The highest BCUT2D eigenvalue weighted by atomic mass is 16.5. The summed E-state index contributed by atoms with van der Waals surface area (Å²) < 4.78 is 5.80. The zero-order valence-electron chi connectivity index (χ0n) is 24.7. The molecule has 0 spiro atoms. The number of aliphatic hydroxyl groups excluding tert-OH is 1. The van der Waals surface area contributed by atoms with Gasteiger partial charge >= 0.3 is 5.97 Å². The minimum Gasteiger partial charge on any atom is -0.461 e. The molecule has 4 heteroatoms. The summed E-state index contributed by atoms with van der Waals surface area (Å²) in [5.74, 6) is 1.20. The number of fused-ring (bicyclic) bond motifs is 7. The average molecular weight is 533 g/mol. The summed E-state index contributed by atoms with van der Waals surface area (Å²) >= 11 is 0. The Hall–Kier alpha value is -1.94. The molecular formula is C35H48O4. The number of carbonyl (C=O) groups is 2. The summed E-state index contributed by atoms with van der Waals surface area (Å²) in [4.78, 5) is 27.5. The Morgan fingerprint density at radius 1 is 0.897 bits per heavy atom. The monoisotopic (exact) mass is 532 g/mol. The molecule has 0 amide bonds. The molecule has 0 aromatic heterocycles. The average Bonchev–Trinajstić information content (AvgIpc) is 2.89. The molecule has 1 N–H and O–H groups in total. The molecule has 1 aromatic carbocycles. The molecule has 5 aliphatic carbocycles. The molecule has 9 atom stereocenters. The SMILES string of the molecule is CC12CCC(C(=O)OCc3ccccc3)CC1C1=CC(=O)C3C(C)(CCC4C(C)(C)C(O)CCC43C)C1CC2. The smallest absolute Gasteiger partial charge is 0.309 e. The zero-order valence-corrected chi connectivity index (χ0v) is 24.7. The fourth-order valence-electron chi connectivity index (χ4n) is 10.8. The summed E-state index contributed by atoms with van der Waals surface area (Å²) in [6, 6.07) is 9.92. The van der Waals surface area contributed by atoms with Crippen LogP contribution < -0.4 is 0 Å². The number of hydrogen-bond donors (Lipinski definition) is 1. The van der Waals surface area contributed by atoms with E-state index in [4.69, 9.17) is 4.74 Å². The molecule has 9 unspecified atom stereocenters. The van der Waals surface area contributed by atoms with Gasteiger partial charge in [0.15, 0.2) is 5.78 Å². The second-order valence-corrected chi connectivity index (χ2v) is 15.3. The van der Waals surface area contributed by atoms with E-state index < -0.39 is 0 Å². The lowest BCUT2D eigenvalue weighted by Gasteiger charge is -2.67. The lowest BCUT2D eigenvalue weighted by atomic mass is 9.37. The first-order valence-corrected chi connectivity index (χ1v) is 15.5. The van der Waals surface area contributed by atoms with E-state index in [1.54, 1.807) is 0 Å². The Balaban J connectivity index is 1.27. The molecule has 0 heterocycles. The van der Waals surface area contributed by atoms with E-state index in [0.29, 0.717) is 24.2 Å². The van der Waals surface area contributed by atoms with Gasteiger partial charge in [0.1, 0.15) is 6.61 Å². The van der Waals surface area contributed by atoms with Crippen molar-refractivity contribution >= 4 is 11.8 Å². The number of benzene rings is 1. The number of carbonyl (C=O) groups excluding carboxylic acids is 2. The largest absolute Gasteiger partial charge is 0.461 e. The maximum absolute atomic E-state index is 14.3. The first kappa shape index (κ1) is 27.2. The Morgan fingerprint density at radius 3 is 2.33 bits per heavy atom. The van der Waals surface area contributed by atoms with Crippen molar-refractivity contribution in [3.8, 4) is 0 Å². The van der Waals surface area contributed by atoms with Gasteiger partial charge in [0.05, 0.1) is 12.0 Å². The van der Waals surface area contributed by atoms with E-state index in [9.17, 15) is 14.7 Å². The van der Waals surface area contributed by atoms with Gasteiger partial charge < -0.3 is 9.84 Å². The van der Waals surface area contributed by atoms with Gasteiger partial charge in [0.25, 0.3) is 0 Å². The van der Waals surface area contributed by atoms with Gasteiger partial charge in [-0.1, -0.05) is 70.5 Å². The van der Waals surface area contributed by atoms with Crippen molar-refractivity contribution in [1.82, 2.24) is 0 Å². The lowest BCUT2D eigenvalue weighted by Crippen LogP contribution is -2.63. The second kappa shape index (κ2) is 9.29. The number of allylic oxidation sites excluding steroid dienone is 2. The van der Waals surface area contributed by atoms with E-state index >= 15 is 0 Å². The van der Waals surface area contributed by atoms with Gasteiger partial charge in [-0.3, -0.25) is 9.59 Å². The number of ketones is 1. The van der Waals surface area contributed by atoms with Crippen LogP contribution in [-0.4, -0.2) is 23.0 Å². The first-order chi connectivity index (χ1) is 18.4. The van der Waals surface area contributed by atoms with Gasteiger partial charge in [-0.05, 0) is 109 Å². The van der Waals surface area contributed by atoms with Crippen LogP contribution >= 0.6 is 0 Å². The van der Waals surface area contributed by atoms with Crippen LogP contribution in [0.15, 0.2) is 42.0 Å². The maximum atomic E-state index is 14.3. The van der Waals surface area contributed by atoms with Gasteiger partial charge in [0, 0.05) is 5.92 Å². The van der Waals surface area contributed by atoms with E-state index in [1.807, 2.05) is 30.3 Å². The quantitative estimate of drug-likeness (QED) is 0.415. The number of aliphatic hydroxyl groups is 1. The summed E-state index contributed by atoms with van der Waals surface area (Å²) in [7, 11) is 0. The van der Waals surface area contributed by atoms with Crippen molar-refractivity contribution in [2.45, 2.75) is 105 Å². The third-order valence-electron chi connectivity index (χ3n) is 13.0. The fraction of sp³-hybridized carbons (Fsp3) is 0.714. The zero-order chi connectivity index (χ0) is 27.8. The van der Waals surface area contributed by atoms with Crippen LogP contribution in [0.2, 0.25) is 0 Å². The molecule has 4 nitrogen and oxygen atoms in total. The van der Waals surface area contributed by atoms with Crippen LogP contribution in [0, 0.1) is 51.2 Å². The predicted octanol–water partition coefficient (Wildman–Crippen LogP) is 7.29. The number of ether oxygens (including phenoxy) is 1. The third kappa shape index (κ3) is 4.10. The Morgan fingerprint density at radius 2 is 1.59 bits per heavy atom. The summed E-state index contributed by atoms with van der Waals surface area (Å²) in [5.41, 5.74) is 2.23. The normalized spacial score (nSPS) is 44.7. The van der Waals surface area contributed by atoms with Gasteiger partial charge in [0.2, 0.25) is 0 Å². The van der Waals surface area contributed by atoms with Crippen molar-refractivity contribution in [2.75, 3.05) is 0 Å². The molecule has 0 bridgehead atoms. The van der Waals surface area contributed by atoms with Crippen molar-refractivity contribution in [3.05, 3.63) is 47.5 Å². The second-order valence-electron chi connectivity index (χ2n) is 15.3. The molecule has 1 aromatic rings. The van der Waals surface area contributed by atoms with E-state index in [0.717, 1.165) is 56.9 Å². The Kier molecular flexibility index (Phi) is 6.49. The summed E-state index contributed by atoms with van der Waals surface area (Å²) in [5, 5.41) is 10.9. The molecule has 0 radical (unpaired) electrons. The van der Waals surface area contributed by atoms with E-state index in [2.05, 4.69) is 40.7 Å². The molecule has 6 rings (SSSR count). The van der Waals surface area contributed by atoms with Crippen LogP contribution in [0.4, 0.5) is 0 Å². The van der Waals surface area contributed by atoms with E-state index in [-0.39, 0.29) is 51.5 Å². The van der Waals surface area contributed by atoms with Gasteiger partial charge in [-0.25, -0.2) is 0 Å². The maximum Gasteiger partial charge on any atom is 0.309 e. The molecule has 4 saturated carbocycles.